The molecule has 3 N–H and O–H groups in total. The Balaban J connectivity index is 2.54. The van der Waals surface area contributed by atoms with Crippen LogP contribution in [0.5, 0.6) is 0 Å². The van der Waals surface area contributed by atoms with Crippen LogP contribution in [0.2, 0.25) is 0 Å². The number of hydrogen-bond donors (Lipinski definition) is 2. The first-order chi connectivity index (χ1) is 8.93. The van der Waals surface area contributed by atoms with Crippen LogP contribution in [0.4, 0.5) is 5.82 Å². The second-order valence-electron chi connectivity index (χ2n) is 4.41. The average molecular weight is 268 g/mol. The maximum atomic E-state index is 12.1. The number of primary amides is 1. The van der Waals surface area contributed by atoms with Crippen molar-refractivity contribution >= 4 is 11.7 Å². The number of piperazine rings is 1. The van der Waals surface area contributed by atoms with Gasteiger partial charge in [0.1, 0.15) is 6.04 Å². The lowest BCUT2D eigenvalue weighted by Gasteiger charge is -2.34. The van der Waals surface area contributed by atoms with Gasteiger partial charge in [0.2, 0.25) is 11.7 Å². The van der Waals surface area contributed by atoms with Crippen molar-refractivity contribution in [2.24, 2.45) is 19.8 Å². The highest BCUT2D eigenvalue weighted by atomic mass is 16.2. The number of aromatic nitrogens is 3. The molecule has 1 aromatic heterocycles. The van der Waals surface area contributed by atoms with Gasteiger partial charge in [-0.15, -0.1) is 5.10 Å². The first-order valence-corrected chi connectivity index (χ1v) is 5.84. The average Bonchev–Trinajstić information content (AvgIpc) is 2.40. The molecule has 0 saturated carbocycles. The summed E-state index contributed by atoms with van der Waals surface area (Å²) in [5, 5.41) is 6.98. The van der Waals surface area contributed by atoms with Gasteiger partial charge in [0.15, 0.2) is 0 Å². The molecule has 104 valence electrons. The third kappa shape index (κ3) is 2.24. The molecule has 1 saturated heterocycles. The fraction of sp³-hybridized carbons (Fsp3) is 0.600. The van der Waals surface area contributed by atoms with Gasteiger partial charge in [0.25, 0.3) is 5.56 Å². The molecular formula is C10H16N6O3. The van der Waals surface area contributed by atoms with Gasteiger partial charge in [-0.1, -0.05) is 0 Å². The number of rotatable bonds is 2. The van der Waals surface area contributed by atoms with Crippen molar-refractivity contribution in [3.63, 3.8) is 0 Å². The number of amides is 1. The van der Waals surface area contributed by atoms with Crippen molar-refractivity contribution in [2.75, 3.05) is 24.5 Å². The molecule has 0 bridgehead atoms. The molecular weight excluding hydrogens is 252 g/mol. The third-order valence-electron chi connectivity index (χ3n) is 3.15. The van der Waals surface area contributed by atoms with E-state index in [1.165, 1.54) is 14.1 Å². The fourth-order valence-corrected chi connectivity index (χ4v) is 2.07. The molecule has 19 heavy (non-hydrogen) atoms. The Morgan fingerprint density at radius 1 is 1.42 bits per heavy atom. The Morgan fingerprint density at radius 3 is 2.74 bits per heavy atom. The summed E-state index contributed by atoms with van der Waals surface area (Å²) < 4.78 is 2.03. The highest BCUT2D eigenvalue weighted by Crippen LogP contribution is 2.09. The van der Waals surface area contributed by atoms with Crippen LogP contribution < -0.4 is 27.2 Å². The van der Waals surface area contributed by atoms with E-state index in [0.717, 1.165) is 9.25 Å². The summed E-state index contributed by atoms with van der Waals surface area (Å²) in [6, 6.07) is -0.647. The number of nitrogens with one attached hydrogen (secondary N) is 1. The lowest BCUT2D eigenvalue weighted by Crippen LogP contribution is -2.59. The third-order valence-corrected chi connectivity index (χ3v) is 3.15. The maximum absolute atomic E-state index is 12.1. The number of carbonyl (C=O) groups is 1. The molecule has 1 aliphatic heterocycles. The zero-order valence-electron chi connectivity index (χ0n) is 10.8. The van der Waals surface area contributed by atoms with Gasteiger partial charge < -0.3 is 16.0 Å². The quantitative estimate of drug-likeness (QED) is 0.582. The normalized spacial score (nSPS) is 19.5. The highest BCUT2D eigenvalue weighted by molar-refractivity contribution is 5.83. The molecule has 0 aliphatic carbocycles. The van der Waals surface area contributed by atoms with Crippen molar-refractivity contribution in [3.8, 4) is 0 Å². The maximum Gasteiger partial charge on any atom is 0.346 e. The van der Waals surface area contributed by atoms with Crippen LogP contribution in [0.25, 0.3) is 0 Å². The summed E-state index contributed by atoms with van der Waals surface area (Å²) in [4.78, 5) is 36.6. The van der Waals surface area contributed by atoms with E-state index in [2.05, 4.69) is 10.4 Å². The van der Waals surface area contributed by atoms with Crippen LogP contribution in [0.15, 0.2) is 9.59 Å². The molecule has 1 fully saturated rings. The minimum Gasteiger partial charge on any atom is -0.368 e. The van der Waals surface area contributed by atoms with Crippen LogP contribution in [-0.2, 0) is 18.9 Å². The standard InChI is InChI=1S/C10H16N6O3/c1-14-9(18)8(13-15(2)10(14)19)16-4-3-12-5-6(16)7(11)17/h6,12H,3-5H2,1-2H3,(H2,11,17). The van der Waals surface area contributed by atoms with Gasteiger partial charge in [-0.05, 0) is 0 Å². The Bertz CT molecular complexity index is 619. The Labute approximate surface area is 108 Å². The summed E-state index contributed by atoms with van der Waals surface area (Å²) in [6.45, 7) is 1.38. The van der Waals surface area contributed by atoms with Crippen LogP contribution in [-0.4, -0.2) is 45.9 Å². The lowest BCUT2D eigenvalue weighted by molar-refractivity contribution is -0.119. The summed E-state index contributed by atoms with van der Waals surface area (Å²) in [5.74, 6) is -0.472. The van der Waals surface area contributed by atoms with E-state index in [-0.39, 0.29) is 5.82 Å². The second kappa shape index (κ2) is 4.84. The molecule has 1 unspecified atom stereocenters. The molecule has 2 heterocycles. The molecule has 9 heteroatoms. The number of nitrogens with zero attached hydrogens (tertiary/aromatic N) is 4. The Morgan fingerprint density at radius 2 is 2.11 bits per heavy atom. The molecule has 1 aromatic rings. The van der Waals surface area contributed by atoms with E-state index in [1.807, 2.05) is 0 Å². The minimum absolute atomic E-state index is 0.0647. The van der Waals surface area contributed by atoms with Crippen LogP contribution in [0, 0.1) is 0 Å². The highest BCUT2D eigenvalue weighted by Gasteiger charge is 2.30. The first kappa shape index (κ1) is 13.3. The second-order valence-corrected chi connectivity index (χ2v) is 4.41. The van der Waals surface area contributed by atoms with Crippen molar-refractivity contribution in [2.45, 2.75) is 6.04 Å². The van der Waals surface area contributed by atoms with E-state index in [1.54, 1.807) is 4.90 Å². The number of anilines is 1. The van der Waals surface area contributed by atoms with Crippen molar-refractivity contribution in [1.82, 2.24) is 19.7 Å². The minimum atomic E-state index is -0.647. The zero-order chi connectivity index (χ0) is 14.2. The fourth-order valence-electron chi connectivity index (χ4n) is 2.07. The molecule has 1 aliphatic rings. The predicted molar refractivity (Wildman–Crippen MR) is 67.9 cm³/mol. The summed E-state index contributed by atoms with van der Waals surface area (Å²) in [5.41, 5.74) is 4.28. The topological polar surface area (TPSA) is 115 Å². The van der Waals surface area contributed by atoms with Gasteiger partial charge in [-0.25, -0.2) is 9.48 Å². The summed E-state index contributed by atoms with van der Waals surface area (Å²) in [6.07, 6.45) is 0. The van der Waals surface area contributed by atoms with Crippen LogP contribution >= 0.6 is 0 Å². The van der Waals surface area contributed by atoms with Crippen molar-refractivity contribution < 1.29 is 4.79 Å². The lowest BCUT2D eigenvalue weighted by atomic mass is 10.2. The molecule has 1 amide bonds. The SMILES string of the molecule is Cn1nc(N2CCNCC2C(N)=O)c(=O)n(C)c1=O. The molecule has 0 radical (unpaired) electrons. The molecule has 0 spiro atoms. The number of aryl methyl sites for hydroxylation is 1. The Hall–Kier alpha value is -2.16. The summed E-state index contributed by atoms with van der Waals surface area (Å²) in [7, 11) is 2.82. The number of carbonyl (C=O) groups excluding carboxylic acids is 1. The van der Waals surface area contributed by atoms with Crippen molar-refractivity contribution in [1.29, 1.82) is 0 Å². The van der Waals surface area contributed by atoms with Gasteiger partial charge in [-0.2, -0.15) is 0 Å². The monoisotopic (exact) mass is 268 g/mol. The smallest absolute Gasteiger partial charge is 0.346 e. The number of nitrogens with two attached hydrogens (primary N) is 1. The van der Waals surface area contributed by atoms with Gasteiger partial charge >= 0.3 is 5.69 Å². The molecule has 9 nitrogen and oxygen atoms in total. The Kier molecular flexibility index (Phi) is 3.38. The van der Waals surface area contributed by atoms with E-state index in [4.69, 9.17) is 5.73 Å². The van der Waals surface area contributed by atoms with Crippen LogP contribution in [0.3, 0.4) is 0 Å². The number of hydrogen-bond acceptors (Lipinski definition) is 6. The molecule has 2 rings (SSSR count). The first-order valence-electron chi connectivity index (χ1n) is 5.84. The van der Waals surface area contributed by atoms with E-state index in [0.29, 0.717) is 19.6 Å². The largest absolute Gasteiger partial charge is 0.368 e. The summed E-state index contributed by atoms with van der Waals surface area (Å²) >= 11 is 0. The van der Waals surface area contributed by atoms with Gasteiger partial charge in [-0.3, -0.25) is 14.2 Å². The zero-order valence-corrected chi connectivity index (χ0v) is 10.8. The van der Waals surface area contributed by atoms with E-state index >= 15 is 0 Å². The molecule has 0 aromatic carbocycles. The predicted octanol–water partition coefficient (Wildman–Crippen LogP) is -3.26. The van der Waals surface area contributed by atoms with Gasteiger partial charge in [0.05, 0.1) is 0 Å². The van der Waals surface area contributed by atoms with Gasteiger partial charge in [0, 0.05) is 33.7 Å². The van der Waals surface area contributed by atoms with Crippen molar-refractivity contribution in [3.05, 3.63) is 20.8 Å². The van der Waals surface area contributed by atoms with Crippen LogP contribution in [0.1, 0.15) is 0 Å². The van der Waals surface area contributed by atoms with E-state index < -0.39 is 23.2 Å². The van der Waals surface area contributed by atoms with E-state index in [9.17, 15) is 14.4 Å². The molecule has 1 atom stereocenters.